The van der Waals surface area contributed by atoms with E-state index in [1.807, 2.05) is 71.3 Å². The molecule has 2 heterocycles. The second-order valence-corrected chi connectivity index (χ2v) is 9.63. The average Bonchev–Trinajstić information content (AvgIpc) is 3.28. The minimum absolute atomic E-state index is 0.0170. The molecule has 3 aromatic carbocycles. The van der Waals surface area contributed by atoms with Crippen LogP contribution >= 0.6 is 0 Å². The van der Waals surface area contributed by atoms with Gasteiger partial charge in [-0.1, -0.05) is 36.4 Å². The number of hydrogen-bond donors (Lipinski definition) is 2. The Morgan fingerprint density at radius 1 is 0.973 bits per heavy atom. The Hall–Kier alpha value is -4.15. The quantitative estimate of drug-likeness (QED) is 0.348. The number of nitrogens with zero attached hydrogens (tertiary/aromatic N) is 3. The maximum atomic E-state index is 12.7. The van der Waals surface area contributed by atoms with Crippen molar-refractivity contribution in [3.8, 4) is 17.2 Å². The first kappa shape index (κ1) is 24.5. The van der Waals surface area contributed by atoms with E-state index in [4.69, 9.17) is 5.26 Å². The molecule has 0 saturated carbocycles. The molecule has 0 radical (unpaired) electrons. The van der Waals surface area contributed by atoms with Crippen LogP contribution in [0.3, 0.4) is 0 Å². The number of rotatable bonds is 8. The number of nitrogens with one attached hydrogen (secondary N) is 2. The minimum Gasteiger partial charge on any atom is -0.352 e. The first-order chi connectivity index (χ1) is 18.1. The Morgan fingerprint density at radius 3 is 2.54 bits per heavy atom. The van der Waals surface area contributed by atoms with Gasteiger partial charge in [-0.2, -0.15) is 5.26 Å². The van der Waals surface area contributed by atoms with Crippen molar-refractivity contribution >= 4 is 16.9 Å². The zero-order valence-electron chi connectivity index (χ0n) is 20.8. The fourth-order valence-electron chi connectivity index (χ4n) is 5.21. The molecule has 1 aliphatic rings. The maximum absolute atomic E-state index is 12.7. The number of fused-ring (bicyclic) bond motifs is 1. The molecule has 0 spiro atoms. The lowest BCUT2D eigenvalue weighted by Gasteiger charge is -2.32. The fourth-order valence-corrected chi connectivity index (χ4v) is 5.21. The topological polar surface area (TPSA) is 93.9 Å². The van der Waals surface area contributed by atoms with Gasteiger partial charge in [0.25, 0.3) is 5.91 Å². The lowest BCUT2D eigenvalue weighted by Crippen LogP contribution is -2.37. The Labute approximate surface area is 216 Å². The average molecular weight is 494 g/mol. The summed E-state index contributed by atoms with van der Waals surface area (Å²) in [6.45, 7) is 3.58. The summed E-state index contributed by atoms with van der Waals surface area (Å²) in [5, 5.41) is 12.2. The van der Waals surface area contributed by atoms with E-state index in [9.17, 15) is 9.59 Å². The van der Waals surface area contributed by atoms with Crippen LogP contribution in [0.15, 0.2) is 77.6 Å². The van der Waals surface area contributed by atoms with E-state index in [1.54, 1.807) is 6.07 Å². The van der Waals surface area contributed by atoms with Crippen molar-refractivity contribution in [2.24, 2.45) is 0 Å². The normalized spacial score (nSPS) is 14.5. The molecule has 7 heteroatoms. The molecule has 37 heavy (non-hydrogen) atoms. The van der Waals surface area contributed by atoms with Gasteiger partial charge in [-0.25, -0.2) is 4.79 Å². The molecule has 0 unspecified atom stereocenters. The van der Waals surface area contributed by atoms with Crippen molar-refractivity contribution in [3.05, 3.63) is 94.4 Å². The fraction of sp³-hybridized carbons (Fsp3) is 0.300. The third kappa shape index (κ3) is 5.65. The highest BCUT2D eigenvalue weighted by atomic mass is 16.2. The van der Waals surface area contributed by atoms with Crippen molar-refractivity contribution in [2.75, 3.05) is 26.2 Å². The highest BCUT2D eigenvalue weighted by molar-refractivity contribution is 5.95. The van der Waals surface area contributed by atoms with E-state index in [2.05, 4.69) is 21.3 Å². The molecule has 188 valence electrons. The largest absolute Gasteiger partial charge is 0.352 e. The van der Waals surface area contributed by atoms with Crippen LogP contribution in [-0.2, 0) is 0 Å². The highest BCUT2D eigenvalue weighted by Gasteiger charge is 2.23. The summed E-state index contributed by atoms with van der Waals surface area (Å²) in [4.78, 5) is 30.6. The summed E-state index contributed by atoms with van der Waals surface area (Å²) in [5.41, 5.74) is 4.93. The van der Waals surface area contributed by atoms with Gasteiger partial charge in [0.15, 0.2) is 0 Å². The number of aromatic nitrogens is 2. The smallest absolute Gasteiger partial charge is 0.326 e. The number of carbonyl (C=O) groups is 1. The van der Waals surface area contributed by atoms with Crippen LogP contribution < -0.4 is 11.0 Å². The molecule has 1 aromatic heterocycles. The molecule has 4 aromatic rings. The summed E-state index contributed by atoms with van der Waals surface area (Å²) in [6.07, 6.45) is 3.86. The molecular formula is C30H31N5O2. The summed E-state index contributed by atoms with van der Waals surface area (Å²) in [7, 11) is 0. The number of nitriles is 1. The van der Waals surface area contributed by atoms with E-state index in [0.717, 1.165) is 67.5 Å². The van der Waals surface area contributed by atoms with Gasteiger partial charge in [0.05, 0.1) is 22.7 Å². The third-order valence-electron chi connectivity index (χ3n) is 7.18. The predicted molar refractivity (Wildman–Crippen MR) is 145 cm³/mol. The Morgan fingerprint density at radius 2 is 1.73 bits per heavy atom. The number of amides is 1. The maximum Gasteiger partial charge on any atom is 0.326 e. The van der Waals surface area contributed by atoms with Gasteiger partial charge < -0.3 is 15.2 Å². The van der Waals surface area contributed by atoms with Gasteiger partial charge in [-0.05, 0) is 79.8 Å². The van der Waals surface area contributed by atoms with Crippen LogP contribution in [0, 0.1) is 11.3 Å². The van der Waals surface area contributed by atoms with E-state index >= 15 is 0 Å². The second-order valence-electron chi connectivity index (χ2n) is 9.63. The van der Waals surface area contributed by atoms with Gasteiger partial charge in [-0.15, -0.1) is 0 Å². The number of imidazole rings is 1. The van der Waals surface area contributed by atoms with Crippen molar-refractivity contribution in [1.82, 2.24) is 19.8 Å². The van der Waals surface area contributed by atoms with E-state index < -0.39 is 0 Å². The second kappa shape index (κ2) is 11.3. The number of hydrogen-bond acceptors (Lipinski definition) is 4. The Balaban J connectivity index is 1.06. The van der Waals surface area contributed by atoms with E-state index in [0.29, 0.717) is 17.7 Å². The molecule has 7 nitrogen and oxygen atoms in total. The predicted octanol–water partition coefficient (Wildman–Crippen LogP) is 4.72. The molecule has 0 bridgehead atoms. The number of H-pyrrole nitrogens is 1. The molecule has 1 aliphatic heterocycles. The van der Waals surface area contributed by atoms with Gasteiger partial charge in [-0.3, -0.25) is 9.36 Å². The molecule has 2 N–H and O–H groups in total. The van der Waals surface area contributed by atoms with Gasteiger partial charge in [0.2, 0.25) is 0 Å². The number of aromatic amines is 1. The molecule has 5 rings (SSSR count). The lowest BCUT2D eigenvalue weighted by molar-refractivity contribution is 0.0952. The third-order valence-corrected chi connectivity index (χ3v) is 7.18. The Bertz CT molecular complexity index is 1490. The number of unbranched alkanes of at least 4 members (excludes halogenated alkanes) is 1. The van der Waals surface area contributed by atoms with Crippen LogP contribution in [0.2, 0.25) is 0 Å². The zero-order valence-corrected chi connectivity index (χ0v) is 20.8. The van der Waals surface area contributed by atoms with E-state index in [1.165, 1.54) is 0 Å². The van der Waals surface area contributed by atoms with Crippen LogP contribution in [0.25, 0.3) is 22.2 Å². The van der Waals surface area contributed by atoms with Gasteiger partial charge in [0, 0.05) is 31.2 Å². The molecule has 0 aliphatic carbocycles. The van der Waals surface area contributed by atoms with Crippen molar-refractivity contribution in [3.63, 3.8) is 0 Å². The lowest BCUT2D eigenvalue weighted by atomic mass is 10.0. The zero-order chi connectivity index (χ0) is 25.6. The summed E-state index contributed by atoms with van der Waals surface area (Å²) in [5.74, 6) is -0.0803. The summed E-state index contributed by atoms with van der Waals surface area (Å²) in [6, 6.07) is 25.2. The monoisotopic (exact) mass is 493 g/mol. The first-order valence-electron chi connectivity index (χ1n) is 12.9. The number of carbonyl (C=O) groups excluding carboxylic acids is 1. The summed E-state index contributed by atoms with van der Waals surface area (Å²) >= 11 is 0. The number of benzene rings is 3. The summed E-state index contributed by atoms with van der Waals surface area (Å²) < 4.78 is 1.93. The van der Waals surface area contributed by atoms with Crippen LogP contribution in [0.1, 0.15) is 47.6 Å². The molecule has 1 fully saturated rings. The van der Waals surface area contributed by atoms with Gasteiger partial charge in [0.1, 0.15) is 0 Å². The Kier molecular flexibility index (Phi) is 7.48. The molecule has 0 atom stereocenters. The first-order valence-corrected chi connectivity index (χ1v) is 12.9. The standard InChI is InChI=1S/C30H31N5O2/c31-21-22-7-5-8-23(19-22)24-9-6-10-25(20-24)29(36)32-15-3-4-16-34-17-13-26(14-18-34)35-28-12-2-1-11-27(28)33-30(35)37/h1-2,5-12,19-20,26H,3-4,13-18H2,(H,32,36)(H,33,37). The molecule has 1 amide bonds. The van der Waals surface area contributed by atoms with Crippen LogP contribution in [-0.4, -0.2) is 46.5 Å². The number of piperidine rings is 1. The number of likely N-dealkylation sites (tertiary alicyclic amines) is 1. The molecular weight excluding hydrogens is 462 g/mol. The minimum atomic E-state index is -0.0803. The molecule has 1 saturated heterocycles. The van der Waals surface area contributed by atoms with Crippen molar-refractivity contribution in [2.45, 2.75) is 31.7 Å². The van der Waals surface area contributed by atoms with Crippen molar-refractivity contribution < 1.29 is 4.79 Å². The van der Waals surface area contributed by atoms with Crippen LogP contribution in [0.5, 0.6) is 0 Å². The van der Waals surface area contributed by atoms with E-state index in [-0.39, 0.29) is 17.6 Å². The van der Waals surface area contributed by atoms with Crippen LogP contribution in [0.4, 0.5) is 0 Å². The van der Waals surface area contributed by atoms with Gasteiger partial charge >= 0.3 is 5.69 Å². The SMILES string of the molecule is N#Cc1cccc(-c2cccc(C(=O)NCCCCN3CCC(n4c(=O)[nH]c5ccccc54)CC3)c2)c1. The number of para-hydroxylation sites is 2. The van der Waals surface area contributed by atoms with Crippen molar-refractivity contribution in [1.29, 1.82) is 5.26 Å². The highest BCUT2D eigenvalue weighted by Crippen LogP contribution is 2.25.